The minimum absolute atomic E-state index is 0.260. The molecule has 11 heavy (non-hydrogen) atoms. The fraction of sp³-hybridized carbons (Fsp3) is 0.500. The molecule has 0 aromatic rings. The first-order valence-corrected chi connectivity index (χ1v) is 2.77. The van der Waals surface area contributed by atoms with E-state index in [-0.39, 0.29) is 13.2 Å². The molecule has 0 aliphatic heterocycles. The van der Waals surface area contributed by atoms with Crippen LogP contribution in [0.4, 0.5) is 0 Å². The first-order chi connectivity index (χ1) is 5.20. The Morgan fingerprint density at radius 1 is 1.09 bits per heavy atom. The summed E-state index contributed by atoms with van der Waals surface area (Å²) >= 11 is 0. The lowest BCUT2D eigenvalue weighted by Gasteiger charge is -2.00. The summed E-state index contributed by atoms with van der Waals surface area (Å²) in [6.07, 6.45) is 0. The van der Waals surface area contributed by atoms with Crippen LogP contribution in [-0.2, 0) is 14.3 Å². The number of amides is 2. The third-order valence-electron chi connectivity index (χ3n) is 0.788. The predicted octanol–water partition coefficient (Wildman–Crippen LogP) is -3.02. The van der Waals surface area contributed by atoms with E-state index in [0.29, 0.717) is 0 Å². The zero-order valence-electron chi connectivity index (χ0n) is 5.79. The number of nitrogens with one attached hydrogen (secondary N) is 2. The summed E-state index contributed by atoms with van der Waals surface area (Å²) < 4.78 is 4.55. The predicted molar refractivity (Wildman–Crippen MR) is 35.5 cm³/mol. The van der Waals surface area contributed by atoms with Crippen molar-refractivity contribution in [2.75, 3.05) is 13.2 Å². The minimum atomic E-state index is -0.505. The van der Waals surface area contributed by atoms with Crippen LogP contribution < -0.4 is 22.5 Å². The summed E-state index contributed by atoms with van der Waals surface area (Å²) in [7, 11) is 0. The molecular weight excluding hydrogens is 152 g/mol. The van der Waals surface area contributed by atoms with Crippen LogP contribution >= 0.6 is 0 Å². The van der Waals surface area contributed by atoms with E-state index in [2.05, 4.69) is 4.74 Å². The molecule has 0 heterocycles. The summed E-state index contributed by atoms with van der Waals surface area (Å²) in [5.41, 5.74) is 3.66. The van der Waals surface area contributed by atoms with Gasteiger partial charge in [-0.2, -0.15) is 0 Å². The summed E-state index contributed by atoms with van der Waals surface area (Å²) in [5.74, 6) is 8.42. The second-order valence-electron chi connectivity index (χ2n) is 1.63. The van der Waals surface area contributed by atoms with Crippen LogP contribution in [0.2, 0.25) is 0 Å². The molecule has 0 spiro atoms. The van der Waals surface area contributed by atoms with E-state index < -0.39 is 11.8 Å². The van der Waals surface area contributed by atoms with Crippen LogP contribution in [-0.4, -0.2) is 25.0 Å². The van der Waals surface area contributed by atoms with Crippen LogP contribution in [0, 0.1) is 0 Å². The summed E-state index contributed by atoms with van der Waals surface area (Å²) in [6, 6.07) is 0. The molecule has 6 N–H and O–H groups in total. The maximum Gasteiger partial charge on any atom is 0.259 e. The van der Waals surface area contributed by atoms with E-state index >= 15 is 0 Å². The maximum absolute atomic E-state index is 10.4. The quantitative estimate of drug-likeness (QED) is 0.199. The van der Waals surface area contributed by atoms with Gasteiger partial charge < -0.3 is 4.74 Å². The van der Waals surface area contributed by atoms with Crippen LogP contribution in [0.1, 0.15) is 0 Å². The summed E-state index contributed by atoms with van der Waals surface area (Å²) in [5, 5.41) is 0. The number of hydrogen-bond acceptors (Lipinski definition) is 5. The van der Waals surface area contributed by atoms with Crippen LogP contribution in [0.25, 0.3) is 0 Å². The monoisotopic (exact) mass is 162 g/mol. The van der Waals surface area contributed by atoms with Gasteiger partial charge in [-0.15, -0.1) is 0 Å². The minimum Gasteiger partial charge on any atom is -0.362 e. The fourth-order valence-corrected chi connectivity index (χ4v) is 0.320. The molecule has 64 valence electrons. The third-order valence-corrected chi connectivity index (χ3v) is 0.788. The highest BCUT2D eigenvalue weighted by Gasteiger charge is 2.00. The molecule has 0 unspecified atom stereocenters. The van der Waals surface area contributed by atoms with Crippen molar-refractivity contribution >= 4 is 11.8 Å². The van der Waals surface area contributed by atoms with Crippen molar-refractivity contribution in [1.29, 1.82) is 0 Å². The molecule has 2 amide bonds. The highest BCUT2D eigenvalue weighted by molar-refractivity contribution is 5.78. The molecule has 0 aromatic carbocycles. The van der Waals surface area contributed by atoms with E-state index in [1.807, 2.05) is 10.9 Å². The SMILES string of the molecule is NNC(=O)COCC(=O)NN. The standard InChI is InChI=1S/C4H10N4O3/c5-7-3(9)1-11-2-4(10)8-6/h1-2,5-6H2,(H,7,9)(H,8,10). The topological polar surface area (TPSA) is 119 Å². The normalized spacial score (nSPS) is 8.91. The second-order valence-corrected chi connectivity index (χ2v) is 1.63. The lowest BCUT2D eigenvalue weighted by molar-refractivity contribution is -0.131. The number of carbonyl (C=O) groups excluding carboxylic acids is 2. The molecule has 0 saturated carbocycles. The number of hydrogen-bond donors (Lipinski definition) is 4. The van der Waals surface area contributed by atoms with Crippen molar-refractivity contribution in [3.8, 4) is 0 Å². The van der Waals surface area contributed by atoms with Crippen LogP contribution in [0.3, 0.4) is 0 Å². The largest absolute Gasteiger partial charge is 0.362 e. The Hall–Kier alpha value is -1.18. The average molecular weight is 162 g/mol. The first-order valence-electron chi connectivity index (χ1n) is 2.77. The second kappa shape index (κ2) is 5.59. The highest BCUT2D eigenvalue weighted by atomic mass is 16.5. The van der Waals surface area contributed by atoms with E-state index in [1.54, 1.807) is 0 Å². The number of ether oxygens (including phenoxy) is 1. The molecule has 0 aromatic heterocycles. The molecular formula is C4H10N4O3. The van der Waals surface area contributed by atoms with Gasteiger partial charge in [0.1, 0.15) is 13.2 Å². The molecule has 7 heteroatoms. The lowest BCUT2D eigenvalue weighted by atomic mass is 10.6. The Bertz CT molecular complexity index is 132. The van der Waals surface area contributed by atoms with Crippen molar-refractivity contribution in [3.05, 3.63) is 0 Å². The number of hydrazine groups is 2. The third kappa shape index (κ3) is 5.27. The van der Waals surface area contributed by atoms with Gasteiger partial charge in [0.25, 0.3) is 11.8 Å². The molecule has 0 aliphatic carbocycles. The molecule has 0 bridgehead atoms. The van der Waals surface area contributed by atoms with E-state index in [4.69, 9.17) is 11.7 Å². The first kappa shape index (κ1) is 9.82. The smallest absolute Gasteiger partial charge is 0.259 e. The van der Waals surface area contributed by atoms with E-state index in [1.165, 1.54) is 0 Å². The number of nitrogens with two attached hydrogens (primary N) is 2. The van der Waals surface area contributed by atoms with E-state index in [0.717, 1.165) is 0 Å². The van der Waals surface area contributed by atoms with Gasteiger partial charge in [-0.3, -0.25) is 20.4 Å². The molecule has 0 fully saturated rings. The Labute approximate surface area is 63.0 Å². The Morgan fingerprint density at radius 3 is 1.73 bits per heavy atom. The number of carbonyl (C=O) groups is 2. The maximum atomic E-state index is 10.4. The molecule has 0 aliphatic rings. The zero-order valence-corrected chi connectivity index (χ0v) is 5.79. The van der Waals surface area contributed by atoms with E-state index in [9.17, 15) is 9.59 Å². The Kier molecular flexibility index (Phi) is 4.99. The van der Waals surface area contributed by atoms with Gasteiger partial charge in [0.2, 0.25) is 0 Å². The van der Waals surface area contributed by atoms with Crippen molar-refractivity contribution in [1.82, 2.24) is 10.9 Å². The Balaban J connectivity index is 3.27. The summed E-state index contributed by atoms with van der Waals surface area (Å²) in [4.78, 5) is 20.7. The van der Waals surface area contributed by atoms with Gasteiger partial charge in [-0.05, 0) is 0 Å². The molecule has 0 rings (SSSR count). The van der Waals surface area contributed by atoms with Crippen molar-refractivity contribution in [3.63, 3.8) is 0 Å². The summed E-state index contributed by atoms with van der Waals surface area (Å²) in [6.45, 7) is -0.520. The van der Waals surface area contributed by atoms with Gasteiger partial charge in [-0.1, -0.05) is 0 Å². The van der Waals surface area contributed by atoms with Gasteiger partial charge in [-0.25, -0.2) is 11.7 Å². The Morgan fingerprint density at radius 2 is 1.45 bits per heavy atom. The van der Waals surface area contributed by atoms with Gasteiger partial charge in [0, 0.05) is 0 Å². The average Bonchev–Trinajstić information content (AvgIpc) is 2.04. The van der Waals surface area contributed by atoms with Gasteiger partial charge in [0.05, 0.1) is 0 Å². The van der Waals surface area contributed by atoms with Crippen LogP contribution in [0.5, 0.6) is 0 Å². The van der Waals surface area contributed by atoms with Crippen molar-refractivity contribution in [2.45, 2.75) is 0 Å². The lowest BCUT2D eigenvalue weighted by Crippen LogP contribution is -2.37. The molecule has 0 atom stereocenters. The molecule has 0 saturated heterocycles. The van der Waals surface area contributed by atoms with Crippen molar-refractivity contribution < 1.29 is 14.3 Å². The molecule has 7 nitrogen and oxygen atoms in total. The van der Waals surface area contributed by atoms with Gasteiger partial charge in [0.15, 0.2) is 0 Å². The van der Waals surface area contributed by atoms with Gasteiger partial charge >= 0.3 is 0 Å². The molecule has 0 radical (unpaired) electrons. The van der Waals surface area contributed by atoms with Crippen molar-refractivity contribution in [2.24, 2.45) is 11.7 Å². The number of rotatable bonds is 4. The highest BCUT2D eigenvalue weighted by Crippen LogP contribution is 1.72. The van der Waals surface area contributed by atoms with Crippen LogP contribution in [0.15, 0.2) is 0 Å². The zero-order chi connectivity index (χ0) is 8.69. The fourth-order valence-electron chi connectivity index (χ4n) is 0.320.